The van der Waals surface area contributed by atoms with Gasteiger partial charge in [0.15, 0.2) is 0 Å². The molecule has 0 aromatic heterocycles. The summed E-state index contributed by atoms with van der Waals surface area (Å²) in [6, 6.07) is 16.2. The zero-order valence-corrected chi connectivity index (χ0v) is 13.0. The lowest BCUT2D eigenvalue weighted by molar-refractivity contribution is 0.0582. The van der Waals surface area contributed by atoms with E-state index in [2.05, 4.69) is 32.8 Å². The fourth-order valence-corrected chi connectivity index (χ4v) is 1.90. The molecule has 0 aliphatic rings. The van der Waals surface area contributed by atoms with E-state index in [9.17, 15) is 9.59 Å². The SMILES string of the molecule is BrCc1ccccc1.COC(=O)c1ccccc1C(=O)O. The number of hydrogen-bond acceptors (Lipinski definition) is 3. The minimum absolute atomic E-state index is 0.0469. The first-order chi connectivity index (χ1) is 10.1. The number of alkyl halides is 1. The van der Waals surface area contributed by atoms with Gasteiger partial charge in [0.1, 0.15) is 0 Å². The molecule has 0 atom stereocenters. The van der Waals surface area contributed by atoms with Crippen LogP contribution in [-0.2, 0) is 10.1 Å². The summed E-state index contributed by atoms with van der Waals surface area (Å²) in [7, 11) is 1.21. The van der Waals surface area contributed by atoms with Crippen molar-refractivity contribution in [3.63, 3.8) is 0 Å². The van der Waals surface area contributed by atoms with E-state index in [1.165, 1.54) is 24.8 Å². The normalized spacial score (nSPS) is 9.24. The summed E-state index contributed by atoms with van der Waals surface area (Å²) < 4.78 is 4.42. The predicted octanol–water partition coefficient (Wildman–Crippen LogP) is 3.75. The largest absolute Gasteiger partial charge is 0.478 e. The predicted molar refractivity (Wildman–Crippen MR) is 83.8 cm³/mol. The van der Waals surface area contributed by atoms with E-state index in [-0.39, 0.29) is 11.1 Å². The first-order valence-electron chi connectivity index (χ1n) is 6.10. The number of rotatable bonds is 3. The summed E-state index contributed by atoms with van der Waals surface area (Å²) in [6.45, 7) is 0. The van der Waals surface area contributed by atoms with Gasteiger partial charge in [0.25, 0.3) is 0 Å². The van der Waals surface area contributed by atoms with E-state index in [0.717, 1.165) is 5.33 Å². The third kappa shape index (κ3) is 5.39. The molecule has 0 aliphatic carbocycles. The highest BCUT2D eigenvalue weighted by molar-refractivity contribution is 9.08. The van der Waals surface area contributed by atoms with Crippen molar-refractivity contribution in [1.82, 2.24) is 0 Å². The summed E-state index contributed by atoms with van der Waals surface area (Å²) in [4.78, 5) is 21.7. The zero-order chi connectivity index (χ0) is 15.7. The van der Waals surface area contributed by atoms with Crippen LogP contribution < -0.4 is 0 Å². The molecule has 0 saturated carbocycles. The monoisotopic (exact) mass is 350 g/mol. The van der Waals surface area contributed by atoms with E-state index in [4.69, 9.17) is 5.11 Å². The van der Waals surface area contributed by atoms with Crippen LogP contribution in [0.5, 0.6) is 0 Å². The van der Waals surface area contributed by atoms with Gasteiger partial charge in [-0.05, 0) is 17.7 Å². The Morgan fingerprint density at radius 2 is 1.52 bits per heavy atom. The maximum absolute atomic E-state index is 11.1. The van der Waals surface area contributed by atoms with Gasteiger partial charge in [-0.15, -0.1) is 0 Å². The van der Waals surface area contributed by atoms with E-state index >= 15 is 0 Å². The Balaban J connectivity index is 0.000000235. The number of benzene rings is 2. The minimum atomic E-state index is -1.14. The number of hydrogen-bond donors (Lipinski definition) is 1. The Morgan fingerprint density at radius 1 is 1.00 bits per heavy atom. The first kappa shape index (κ1) is 16.9. The maximum atomic E-state index is 11.1. The number of carbonyl (C=O) groups excluding carboxylic acids is 1. The Kier molecular flexibility index (Phi) is 7.18. The van der Waals surface area contributed by atoms with Gasteiger partial charge in [0.2, 0.25) is 0 Å². The molecule has 0 aliphatic heterocycles. The molecule has 0 spiro atoms. The van der Waals surface area contributed by atoms with Crippen molar-refractivity contribution >= 4 is 27.9 Å². The third-order valence-corrected chi connectivity index (χ3v) is 3.21. The molecule has 0 heterocycles. The Labute approximate surface area is 131 Å². The van der Waals surface area contributed by atoms with Crippen LogP contribution in [-0.4, -0.2) is 24.2 Å². The van der Waals surface area contributed by atoms with Gasteiger partial charge in [0, 0.05) is 5.33 Å². The quantitative estimate of drug-likeness (QED) is 0.676. The van der Waals surface area contributed by atoms with Crippen LogP contribution in [0.15, 0.2) is 54.6 Å². The number of carbonyl (C=O) groups is 2. The highest BCUT2D eigenvalue weighted by Crippen LogP contribution is 2.09. The highest BCUT2D eigenvalue weighted by atomic mass is 79.9. The van der Waals surface area contributed by atoms with E-state index in [1.54, 1.807) is 12.1 Å². The number of carboxylic acid groups (broad SMARTS) is 1. The van der Waals surface area contributed by atoms with Crippen molar-refractivity contribution in [3.8, 4) is 0 Å². The Bertz CT molecular complexity index is 596. The molecule has 2 aromatic carbocycles. The number of carboxylic acids is 1. The standard InChI is InChI=1S/C9H8O4.C7H7Br/c1-13-9(12)7-5-3-2-4-6(7)8(10)11;8-6-7-4-2-1-3-5-7/h2-5H,1H3,(H,10,11);1-5H,6H2. The molecule has 0 fully saturated rings. The number of ether oxygens (including phenoxy) is 1. The number of methoxy groups -OCH3 is 1. The lowest BCUT2D eigenvalue weighted by atomic mass is 10.1. The van der Waals surface area contributed by atoms with Crippen molar-refractivity contribution in [2.75, 3.05) is 7.11 Å². The van der Waals surface area contributed by atoms with Crippen LogP contribution in [0.25, 0.3) is 0 Å². The number of esters is 1. The maximum Gasteiger partial charge on any atom is 0.338 e. The van der Waals surface area contributed by atoms with Crippen LogP contribution in [0.4, 0.5) is 0 Å². The van der Waals surface area contributed by atoms with E-state index in [0.29, 0.717) is 0 Å². The molecule has 0 amide bonds. The van der Waals surface area contributed by atoms with Crippen LogP contribution >= 0.6 is 15.9 Å². The average Bonchev–Trinajstić information content (AvgIpc) is 2.55. The van der Waals surface area contributed by atoms with Crippen LogP contribution in [0, 0.1) is 0 Å². The highest BCUT2D eigenvalue weighted by Gasteiger charge is 2.15. The van der Waals surface area contributed by atoms with Crippen molar-refractivity contribution in [3.05, 3.63) is 71.3 Å². The fraction of sp³-hybridized carbons (Fsp3) is 0.125. The molecule has 4 nitrogen and oxygen atoms in total. The average molecular weight is 351 g/mol. The molecule has 0 unspecified atom stereocenters. The van der Waals surface area contributed by atoms with E-state index < -0.39 is 11.9 Å². The molecule has 0 saturated heterocycles. The summed E-state index contributed by atoms with van der Waals surface area (Å²) in [5, 5.41) is 9.65. The number of aromatic carboxylic acids is 1. The Morgan fingerprint density at radius 3 is 1.95 bits per heavy atom. The van der Waals surface area contributed by atoms with Crippen LogP contribution in [0.3, 0.4) is 0 Å². The number of halogens is 1. The van der Waals surface area contributed by atoms with Gasteiger partial charge in [-0.3, -0.25) is 0 Å². The zero-order valence-electron chi connectivity index (χ0n) is 11.5. The van der Waals surface area contributed by atoms with Crippen molar-refractivity contribution in [1.29, 1.82) is 0 Å². The molecule has 2 rings (SSSR count). The topological polar surface area (TPSA) is 63.6 Å². The third-order valence-electron chi connectivity index (χ3n) is 2.56. The summed E-state index contributed by atoms with van der Waals surface area (Å²) in [5.41, 5.74) is 1.35. The molecular formula is C16H15BrO4. The van der Waals surface area contributed by atoms with Gasteiger partial charge >= 0.3 is 11.9 Å². The molecule has 0 bridgehead atoms. The van der Waals surface area contributed by atoms with Crippen LogP contribution in [0.1, 0.15) is 26.3 Å². The molecule has 1 N–H and O–H groups in total. The molecule has 2 aromatic rings. The lowest BCUT2D eigenvalue weighted by Gasteiger charge is -2.02. The van der Waals surface area contributed by atoms with Gasteiger partial charge < -0.3 is 9.84 Å². The van der Waals surface area contributed by atoms with Crippen LogP contribution in [0.2, 0.25) is 0 Å². The summed E-state index contributed by atoms with van der Waals surface area (Å²) >= 11 is 3.36. The van der Waals surface area contributed by atoms with Crippen molar-refractivity contribution in [2.45, 2.75) is 5.33 Å². The fourth-order valence-electron chi connectivity index (χ4n) is 1.52. The molecule has 21 heavy (non-hydrogen) atoms. The summed E-state index contributed by atoms with van der Waals surface area (Å²) in [5.74, 6) is -1.78. The second-order valence-corrected chi connectivity index (χ2v) is 4.52. The van der Waals surface area contributed by atoms with Gasteiger partial charge in [-0.1, -0.05) is 58.4 Å². The molecule has 0 radical (unpaired) electrons. The smallest absolute Gasteiger partial charge is 0.338 e. The molecule has 110 valence electrons. The van der Waals surface area contributed by atoms with Crippen molar-refractivity contribution < 1.29 is 19.4 Å². The van der Waals surface area contributed by atoms with Gasteiger partial charge in [-0.25, -0.2) is 9.59 Å². The molecule has 5 heteroatoms. The Hall–Kier alpha value is -2.14. The minimum Gasteiger partial charge on any atom is -0.478 e. The summed E-state index contributed by atoms with van der Waals surface area (Å²) in [6.07, 6.45) is 0. The van der Waals surface area contributed by atoms with Gasteiger partial charge in [0.05, 0.1) is 18.2 Å². The lowest BCUT2D eigenvalue weighted by Crippen LogP contribution is -2.09. The first-order valence-corrected chi connectivity index (χ1v) is 7.22. The second-order valence-electron chi connectivity index (χ2n) is 3.96. The molecular weight excluding hydrogens is 336 g/mol. The second kappa shape index (κ2) is 8.92. The van der Waals surface area contributed by atoms with Gasteiger partial charge in [-0.2, -0.15) is 0 Å². The van der Waals surface area contributed by atoms with E-state index in [1.807, 2.05) is 18.2 Å². The van der Waals surface area contributed by atoms with Crippen molar-refractivity contribution in [2.24, 2.45) is 0 Å².